The summed E-state index contributed by atoms with van der Waals surface area (Å²) in [5.41, 5.74) is -1.83. The third-order valence-electron chi connectivity index (χ3n) is 4.44. The lowest BCUT2D eigenvalue weighted by atomic mass is 9.99. The molecule has 0 saturated carbocycles. The van der Waals surface area contributed by atoms with Gasteiger partial charge in [0.15, 0.2) is 0 Å². The van der Waals surface area contributed by atoms with E-state index in [1.165, 1.54) is 19.2 Å². The predicted octanol–water partition coefficient (Wildman–Crippen LogP) is 4.45. The van der Waals surface area contributed by atoms with Crippen molar-refractivity contribution in [2.75, 3.05) is 24.8 Å². The van der Waals surface area contributed by atoms with E-state index in [9.17, 15) is 39.6 Å². The first kappa shape index (κ1) is 25.7. The molecule has 0 unspecified atom stereocenters. The average molecular weight is 483 g/mol. The number of nitrogens with zero attached hydrogens (tertiary/aromatic N) is 1. The van der Waals surface area contributed by atoms with Gasteiger partial charge in [0.1, 0.15) is 6.61 Å². The molecule has 0 aromatic heterocycles. The predicted molar refractivity (Wildman–Crippen MR) is 105 cm³/mol. The second kappa shape index (κ2) is 9.49. The van der Waals surface area contributed by atoms with E-state index < -0.39 is 46.1 Å². The fourth-order valence-corrected chi connectivity index (χ4v) is 3.05. The van der Waals surface area contributed by atoms with Crippen molar-refractivity contribution >= 4 is 21.7 Å². The maximum Gasteiger partial charge on any atom is 0.416 e. The van der Waals surface area contributed by atoms with Crippen LogP contribution in [-0.4, -0.2) is 34.2 Å². The van der Waals surface area contributed by atoms with Crippen molar-refractivity contribution in [1.82, 2.24) is 0 Å². The van der Waals surface area contributed by atoms with Gasteiger partial charge in [0.25, 0.3) is 16.0 Å². The zero-order chi connectivity index (χ0) is 24.3. The number of aryl methyl sites for hydroxylation is 2. The van der Waals surface area contributed by atoms with Crippen LogP contribution >= 0.6 is 0 Å². The molecule has 0 aliphatic heterocycles. The van der Waals surface area contributed by atoms with E-state index in [0.717, 1.165) is 11.2 Å². The first-order chi connectivity index (χ1) is 14.6. The molecular weight excluding hydrogens is 464 g/mol. The molecule has 0 heterocycles. The van der Waals surface area contributed by atoms with Gasteiger partial charge in [-0.15, -0.1) is 0 Å². The Balaban J connectivity index is 2.11. The van der Waals surface area contributed by atoms with Gasteiger partial charge in [0.2, 0.25) is 0 Å². The van der Waals surface area contributed by atoms with Crippen LogP contribution in [-0.2, 0) is 44.3 Å². The van der Waals surface area contributed by atoms with E-state index in [1.807, 2.05) is 0 Å². The smallest absolute Gasteiger partial charge is 0.313 e. The number of anilines is 1. The number of carbonyl (C=O) groups excluding carboxylic acids is 1. The van der Waals surface area contributed by atoms with Gasteiger partial charge in [-0.2, -0.15) is 34.8 Å². The van der Waals surface area contributed by atoms with Crippen molar-refractivity contribution in [3.63, 3.8) is 0 Å². The lowest BCUT2D eigenvalue weighted by Gasteiger charge is -2.17. The van der Waals surface area contributed by atoms with Gasteiger partial charge in [-0.3, -0.25) is 8.98 Å². The van der Waals surface area contributed by atoms with Crippen LogP contribution in [0.25, 0.3) is 0 Å². The fourth-order valence-electron chi connectivity index (χ4n) is 2.74. The van der Waals surface area contributed by atoms with E-state index in [0.29, 0.717) is 23.4 Å². The van der Waals surface area contributed by atoms with Gasteiger partial charge in [0, 0.05) is 12.7 Å². The normalized spacial score (nSPS) is 12.6. The summed E-state index contributed by atoms with van der Waals surface area (Å²) >= 11 is 0. The number of alkyl halides is 6. The molecule has 2 aromatic rings. The van der Waals surface area contributed by atoms with E-state index in [1.54, 1.807) is 12.1 Å². The molecule has 32 heavy (non-hydrogen) atoms. The minimum atomic E-state index is -4.91. The van der Waals surface area contributed by atoms with Crippen molar-refractivity contribution in [3.8, 4) is 0 Å². The second-order valence-corrected chi connectivity index (χ2v) is 8.64. The van der Waals surface area contributed by atoms with Crippen LogP contribution in [0.3, 0.4) is 0 Å². The number of likely N-dealkylation sites (N-methyl/N-ethyl adjacent to an activating group) is 1. The molecule has 0 atom stereocenters. The maximum atomic E-state index is 13.0. The lowest BCUT2D eigenvalue weighted by molar-refractivity contribution is -0.143. The zero-order valence-electron chi connectivity index (χ0n) is 16.9. The Kier molecular flexibility index (Phi) is 7.61. The minimum Gasteiger partial charge on any atom is -0.313 e. The molecule has 1 amide bonds. The molecule has 0 saturated heterocycles. The Hall–Kier alpha value is -2.60. The summed E-state index contributed by atoms with van der Waals surface area (Å²) in [6.45, 7) is -0.686. The zero-order valence-corrected chi connectivity index (χ0v) is 17.7. The number of carbonyl (C=O) groups is 1. The quantitative estimate of drug-likeness (QED) is 0.431. The summed E-state index contributed by atoms with van der Waals surface area (Å²) < 4.78 is 104. The number of amides is 1. The Morgan fingerprint density at radius 1 is 0.875 bits per heavy atom. The van der Waals surface area contributed by atoms with Crippen molar-refractivity contribution in [3.05, 3.63) is 64.7 Å². The molecule has 0 spiro atoms. The van der Waals surface area contributed by atoms with Crippen LogP contribution in [0, 0.1) is 0 Å². The molecule has 0 aliphatic rings. The van der Waals surface area contributed by atoms with Gasteiger partial charge < -0.3 is 4.90 Å². The summed E-state index contributed by atoms with van der Waals surface area (Å²) in [6, 6.07) is 7.62. The van der Waals surface area contributed by atoms with Gasteiger partial charge in [-0.25, -0.2) is 0 Å². The SMILES string of the molecule is CN(C(=O)COS(C)(=O)=O)c1ccc(CCc2cc(C(F)(F)F)cc(C(F)(F)F)c2)cc1. The van der Waals surface area contributed by atoms with Crippen LogP contribution in [0.1, 0.15) is 22.3 Å². The van der Waals surface area contributed by atoms with E-state index >= 15 is 0 Å². The van der Waals surface area contributed by atoms with Gasteiger partial charge in [0.05, 0.1) is 17.4 Å². The molecule has 2 aromatic carbocycles. The summed E-state index contributed by atoms with van der Waals surface area (Å²) in [5.74, 6) is -0.633. The molecule has 0 bridgehead atoms. The van der Waals surface area contributed by atoms with Crippen molar-refractivity contribution < 1.29 is 43.7 Å². The van der Waals surface area contributed by atoms with E-state index in [-0.39, 0.29) is 24.5 Å². The summed E-state index contributed by atoms with van der Waals surface area (Å²) in [7, 11) is -2.40. The first-order valence-electron chi connectivity index (χ1n) is 9.04. The highest BCUT2D eigenvalue weighted by molar-refractivity contribution is 7.86. The highest BCUT2D eigenvalue weighted by atomic mass is 32.2. The highest BCUT2D eigenvalue weighted by Gasteiger charge is 2.36. The molecule has 2 rings (SSSR count). The first-order valence-corrected chi connectivity index (χ1v) is 10.9. The number of rotatable bonds is 7. The lowest BCUT2D eigenvalue weighted by Crippen LogP contribution is -2.30. The average Bonchev–Trinajstić information content (AvgIpc) is 2.68. The summed E-state index contributed by atoms with van der Waals surface area (Å²) in [4.78, 5) is 13.1. The molecule has 0 aliphatic carbocycles. The van der Waals surface area contributed by atoms with Crippen LogP contribution in [0.15, 0.2) is 42.5 Å². The van der Waals surface area contributed by atoms with Crippen molar-refractivity contribution in [2.45, 2.75) is 25.2 Å². The van der Waals surface area contributed by atoms with Gasteiger partial charge in [-0.1, -0.05) is 12.1 Å². The number of hydrogen-bond acceptors (Lipinski definition) is 4. The van der Waals surface area contributed by atoms with Gasteiger partial charge in [-0.05, 0) is 54.3 Å². The Labute approximate surface area is 180 Å². The molecule has 12 heteroatoms. The number of hydrogen-bond donors (Lipinski definition) is 0. The highest BCUT2D eigenvalue weighted by Crippen LogP contribution is 2.36. The fraction of sp³-hybridized carbons (Fsp3) is 0.350. The molecule has 5 nitrogen and oxygen atoms in total. The van der Waals surface area contributed by atoms with Gasteiger partial charge >= 0.3 is 12.4 Å². The van der Waals surface area contributed by atoms with Crippen LogP contribution in [0.4, 0.5) is 32.0 Å². The maximum absolute atomic E-state index is 13.0. The topological polar surface area (TPSA) is 63.7 Å². The third-order valence-corrected chi connectivity index (χ3v) is 4.99. The Bertz CT molecular complexity index is 1030. The van der Waals surface area contributed by atoms with E-state index in [2.05, 4.69) is 4.18 Å². The summed E-state index contributed by atoms with van der Waals surface area (Å²) in [6.07, 6.45) is -8.92. The molecule has 0 radical (unpaired) electrons. The standard InChI is InChI=1S/C20H19F6NO4S/c1-27(18(28)12-31-32(2,29)30)17-7-5-13(6-8-17)3-4-14-9-15(19(21,22)23)11-16(10-14)20(24,25)26/h5-11H,3-4,12H2,1-2H3. The van der Waals surface area contributed by atoms with Crippen molar-refractivity contribution in [1.29, 1.82) is 0 Å². The largest absolute Gasteiger partial charge is 0.416 e. The number of benzene rings is 2. The van der Waals surface area contributed by atoms with Crippen LogP contribution < -0.4 is 4.90 Å². The molecule has 176 valence electrons. The molecular formula is C20H19F6NO4S. The molecule has 0 N–H and O–H groups in total. The summed E-state index contributed by atoms with van der Waals surface area (Å²) in [5, 5.41) is 0. The monoisotopic (exact) mass is 483 g/mol. The minimum absolute atomic E-state index is 0.0662. The third kappa shape index (κ3) is 7.52. The van der Waals surface area contributed by atoms with Crippen molar-refractivity contribution in [2.24, 2.45) is 0 Å². The second-order valence-electron chi connectivity index (χ2n) is 7.00. The molecule has 0 fully saturated rings. The Morgan fingerprint density at radius 2 is 1.34 bits per heavy atom. The number of halogens is 6. The van der Waals surface area contributed by atoms with Crippen LogP contribution in [0.2, 0.25) is 0 Å². The van der Waals surface area contributed by atoms with E-state index in [4.69, 9.17) is 0 Å². The van der Waals surface area contributed by atoms with Crippen LogP contribution in [0.5, 0.6) is 0 Å². The Morgan fingerprint density at radius 3 is 1.78 bits per heavy atom.